The van der Waals surface area contributed by atoms with Gasteiger partial charge in [0.25, 0.3) is 11.8 Å². The number of hydrogen-bond acceptors (Lipinski definition) is 4. The second kappa shape index (κ2) is 10.3. The Morgan fingerprint density at radius 3 is 2.46 bits per heavy atom. The van der Waals surface area contributed by atoms with Crippen LogP contribution in [0, 0.1) is 6.92 Å². The molecule has 0 spiro atoms. The molecule has 0 bridgehead atoms. The zero-order valence-electron chi connectivity index (χ0n) is 19.2. The average molecular weight is 497 g/mol. The molecule has 0 fully saturated rings. The zero-order chi connectivity index (χ0) is 24.2. The first-order valence-corrected chi connectivity index (χ1v) is 13.0. The number of benzene rings is 3. The monoisotopic (exact) mass is 496 g/mol. The Morgan fingerprint density at radius 2 is 1.71 bits per heavy atom. The van der Waals surface area contributed by atoms with Crippen LogP contribution in [-0.4, -0.2) is 11.8 Å². The lowest BCUT2D eigenvalue weighted by molar-refractivity contribution is -0.114. The molecule has 1 aromatic heterocycles. The Morgan fingerprint density at radius 1 is 0.943 bits per heavy atom. The van der Waals surface area contributed by atoms with Crippen LogP contribution in [0.5, 0.6) is 0 Å². The first-order valence-electron chi connectivity index (χ1n) is 11.3. The molecule has 0 radical (unpaired) electrons. The summed E-state index contributed by atoms with van der Waals surface area (Å²) in [6.07, 6.45) is 1.90. The average Bonchev–Trinajstić information content (AvgIpc) is 3.40. The predicted molar refractivity (Wildman–Crippen MR) is 145 cm³/mol. The number of carbonyl (C=O) groups is 2. The highest BCUT2D eigenvalue weighted by molar-refractivity contribution is 8.04. The fourth-order valence-corrected chi connectivity index (χ4v) is 5.56. The summed E-state index contributed by atoms with van der Waals surface area (Å²) in [5.41, 5.74) is 4.68. The largest absolute Gasteiger partial charge is 0.347 e. The van der Waals surface area contributed by atoms with Crippen LogP contribution in [0.15, 0.2) is 100 Å². The minimum atomic E-state index is -0.112. The molecular formula is C29H24N2O2S2. The number of para-hydroxylation sites is 1. The minimum Gasteiger partial charge on any atom is -0.347 e. The Labute approximate surface area is 213 Å². The summed E-state index contributed by atoms with van der Waals surface area (Å²) >= 11 is 3.10. The molecule has 174 valence electrons. The number of thiophene rings is 1. The third-order valence-electron chi connectivity index (χ3n) is 5.77. The van der Waals surface area contributed by atoms with E-state index >= 15 is 0 Å². The smallest absolute Gasteiger partial charge is 0.265 e. The Kier molecular flexibility index (Phi) is 6.84. The van der Waals surface area contributed by atoms with E-state index in [1.807, 2.05) is 64.9 Å². The molecule has 6 heteroatoms. The number of carbonyl (C=O) groups excluding carboxylic acids is 2. The molecule has 0 atom stereocenters. The van der Waals surface area contributed by atoms with E-state index in [0.717, 1.165) is 26.6 Å². The minimum absolute atomic E-state index is 0.0213. The Hall–Kier alpha value is -3.61. The fourth-order valence-electron chi connectivity index (χ4n) is 3.86. The summed E-state index contributed by atoms with van der Waals surface area (Å²) < 4.78 is 0. The van der Waals surface area contributed by atoms with Gasteiger partial charge in [0.2, 0.25) is 0 Å². The van der Waals surface area contributed by atoms with Crippen molar-refractivity contribution in [3.05, 3.63) is 122 Å². The van der Waals surface area contributed by atoms with Crippen LogP contribution in [0.1, 0.15) is 31.9 Å². The van der Waals surface area contributed by atoms with Crippen LogP contribution in [-0.2, 0) is 17.9 Å². The summed E-state index contributed by atoms with van der Waals surface area (Å²) in [4.78, 5) is 30.7. The number of anilines is 1. The maximum Gasteiger partial charge on any atom is 0.265 e. The van der Waals surface area contributed by atoms with Crippen molar-refractivity contribution in [1.82, 2.24) is 5.32 Å². The van der Waals surface area contributed by atoms with Crippen LogP contribution in [0.2, 0.25) is 0 Å². The third-order valence-corrected chi connectivity index (χ3v) is 7.72. The van der Waals surface area contributed by atoms with E-state index in [2.05, 4.69) is 36.5 Å². The molecule has 0 unspecified atom stereocenters. The second-order valence-corrected chi connectivity index (χ2v) is 10.5. The molecule has 1 aliphatic heterocycles. The van der Waals surface area contributed by atoms with Crippen LogP contribution in [0.25, 0.3) is 6.08 Å². The molecule has 4 nitrogen and oxygen atoms in total. The van der Waals surface area contributed by atoms with Crippen molar-refractivity contribution in [1.29, 1.82) is 0 Å². The van der Waals surface area contributed by atoms with E-state index in [1.54, 1.807) is 23.5 Å². The number of nitrogens with zero attached hydrogens (tertiary/aromatic N) is 1. The standard InChI is InChI=1S/C29H24N2O2S2/c1-20-8-10-22(11-9-20)19-31-25-6-2-3-7-26(25)35-27(29(31)33)17-21-12-14-23(15-13-21)28(32)30-18-24-5-4-16-34-24/h2-17H,18-19H2,1H3,(H,30,32)/b27-17+. The summed E-state index contributed by atoms with van der Waals surface area (Å²) in [6.45, 7) is 3.09. The van der Waals surface area contributed by atoms with Crippen molar-refractivity contribution in [2.45, 2.75) is 24.9 Å². The summed E-state index contributed by atoms with van der Waals surface area (Å²) in [5, 5.41) is 4.94. The molecule has 1 aliphatic rings. The predicted octanol–water partition coefficient (Wildman–Crippen LogP) is 6.67. The van der Waals surface area contributed by atoms with Gasteiger partial charge < -0.3 is 10.2 Å². The third kappa shape index (κ3) is 5.39. The van der Waals surface area contributed by atoms with Crippen LogP contribution < -0.4 is 10.2 Å². The maximum absolute atomic E-state index is 13.5. The van der Waals surface area contributed by atoms with Crippen LogP contribution in [0.3, 0.4) is 0 Å². The topological polar surface area (TPSA) is 49.4 Å². The van der Waals surface area contributed by atoms with Crippen molar-refractivity contribution in [2.24, 2.45) is 0 Å². The van der Waals surface area contributed by atoms with Gasteiger partial charge >= 0.3 is 0 Å². The summed E-state index contributed by atoms with van der Waals surface area (Å²) in [5.74, 6) is -0.133. The fraction of sp³-hybridized carbons (Fsp3) is 0.103. The van der Waals surface area contributed by atoms with E-state index in [9.17, 15) is 9.59 Å². The first kappa shape index (κ1) is 23.1. The molecule has 0 saturated carbocycles. The molecule has 2 amide bonds. The highest BCUT2D eigenvalue weighted by atomic mass is 32.2. The van der Waals surface area contributed by atoms with Gasteiger partial charge in [-0.2, -0.15) is 0 Å². The van der Waals surface area contributed by atoms with Gasteiger partial charge in [0, 0.05) is 15.3 Å². The Bertz CT molecular complexity index is 1380. The lowest BCUT2D eigenvalue weighted by atomic mass is 10.1. The van der Waals surface area contributed by atoms with Gasteiger partial charge in [0.1, 0.15) is 0 Å². The molecule has 2 heterocycles. The quantitative estimate of drug-likeness (QED) is 0.304. The van der Waals surface area contributed by atoms with E-state index in [0.29, 0.717) is 23.6 Å². The number of fused-ring (bicyclic) bond motifs is 1. The molecule has 35 heavy (non-hydrogen) atoms. The van der Waals surface area contributed by atoms with Gasteiger partial charge in [-0.3, -0.25) is 9.59 Å². The van der Waals surface area contributed by atoms with Crippen molar-refractivity contribution < 1.29 is 9.59 Å². The molecule has 5 rings (SSSR count). The number of hydrogen-bond donors (Lipinski definition) is 1. The van der Waals surface area contributed by atoms with Gasteiger partial charge in [0.15, 0.2) is 0 Å². The van der Waals surface area contributed by atoms with E-state index in [-0.39, 0.29) is 11.8 Å². The van der Waals surface area contributed by atoms with Gasteiger partial charge in [-0.25, -0.2) is 0 Å². The first-order chi connectivity index (χ1) is 17.1. The lowest BCUT2D eigenvalue weighted by Crippen LogP contribution is -2.33. The van der Waals surface area contributed by atoms with Crippen LogP contribution >= 0.6 is 23.1 Å². The van der Waals surface area contributed by atoms with Crippen molar-refractivity contribution in [2.75, 3.05) is 4.90 Å². The molecule has 4 aromatic rings. The molecular weight excluding hydrogens is 472 g/mol. The van der Waals surface area contributed by atoms with Crippen LogP contribution in [0.4, 0.5) is 5.69 Å². The van der Waals surface area contributed by atoms with Crippen molar-refractivity contribution in [3.8, 4) is 0 Å². The molecule has 0 saturated heterocycles. The number of aryl methyl sites for hydroxylation is 1. The molecule has 3 aromatic carbocycles. The number of rotatable bonds is 6. The van der Waals surface area contributed by atoms with Crippen molar-refractivity contribution >= 4 is 46.7 Å². The van der Waals surface area contributed by atoms with Gasteiger partial charge in [0.05, 0.1) is 23.7 Å². The number of amides is 2. The summed E-state index contributed by atoms with van der Waals surface area (Å²) in [6, 6.07) is 27.6. The van der Waals surface area contributed by atoms with Gasteiger partial charge in [-0.15, -0.1) is 11.3 Å². The Balaban J connectivity index is 1.35. The lowest BCUT2D eigenvalue weighted by Gasteiger charge is -2.30. The SMILES string of the molecule is Cc1ccc(CN2C(=O)/C(=C\c3ccc(C(=O)NCc4cccs4)cc3)Sc3ccccc32)cc1. The summed E-state index contributed by atoms with van der Waals surface area (Å²) in [7, 11) is 0. The normalized spacial score (nSPS) is 14.1. The number of nitrogens with one attached hydrogen (secondary N) is 1. The van der Waals surface area contributed by atoms with Gasteiger partial charge in [-0.1, -0.05) is 71.9 Å². The van der Waals surface area contributed by atoms with E-state index in [1.165, 1.54) is 17.3 Å². The van der Waals surface area contributed by atoms with Gasteiger partial charge in [-0.05, 0) is 59.8 Å². The number of thioether (sulfide) groups is 1. The highest BCUT2D eigenvalue weighted by Crippen LogP contribution is 2.42. The second-order valence-electron chi connectivity index (χ2n) is 8.34. The van der Waals surface area contributed by atoms with Crippen molar-refractivity contribution in [3.63, 3.8) is 0 Å². The maximum atomic E-state index is 13.5. The van der Waals surface area contributed by atoms with E-state index < -0.39 is 0 Å². The highest BCUT2D eigenvalue weighted by Gasteiger charge is 2.29. The van der Waals surface area contributed by atoms with E-state index in [4.69, 9.17) is 0 Å². The molecule has 1 N–H and O–H groups in total. The zero-order valence-corrected chi connectivity index (χ0v) is 20.9. The molecule has 0 aliphatic carbocycles.